The van der Waals surface area contributed by atoms with Crippen molar-refractivity contribution in [2.75, 3.05) is 13.6 Å². The Morgan fingerprint density at radius 2 is 1.81 bits per heavy atom. The van der Waals surface area contributed by atoms with Gasteiger partial charge >= 0.3 is 0 Å². The Bertz CT molecular complexity index is 229. The molecule has 1 fully saturated rings. The number of hydrogen-bond donors (Lipinski definition) is 1. The van der Waals surface area contributed by atoms with E-state index in [0.29, 0.717) is 12.0 Å². The van der Waals surface area contributed by atoms with Crippen molar-refractivity contribution >= 4 is 0 Å². The molecule has 0 aromatic rings. The van der Waals surface area contributed by atoms with Crippen LogP contribution in [0.5, 0.6) is 0 Å². The second kappa shape index (κ2) is 5.83. The normalized spacial score (nSPS) is 32.2. The Morgan fingerprint density at radius 3 is 2.38 bits per heavy atom. The molecule has 2 N–H and O–H groups in total. The van der Waals surface area contributed by atoms with E-state index in [-0.39, 0.29) is 0 Å². The quantitative estimate of drug-likeness (QED) is 0.587. The molecular formula is C14H26N2. The minimum Gasteiger partial charge on any atom is -0.324 e. The molecule has 0 aliphatic heterocycles. The predicted octanol–water partition coefficient (Wildman–Crippen LogP) is 2.54. The molecule has 0 radical (unpaired) electrons. The van der Waals surface area contributed by atoms with Gasteiger partial charge in [0.2, 0.25) is 0 Å². The molecule has 92 valence electrons. The Labute approximate surface area is 99.9 Å². The lowest BCUT2D eigenvalue weighted by atomic mass is 10.0. The molecule has 2 atom stereocenters. The van der Waals surface area contributed by atoms with Crippen LogP contribution in [0.15, 0.2) is 12.2 Å². The molecule has 2 aliphatic rings. The summed E-state index contributed by atoms with van der Waals surface area (Å²) in [5.41, 5.74) is 5.90. The van der Waals surface area contributed by atoms with Gasteiger partial charge in [0.25, 0.3) is 0 Å². The van der Waals surface area contributed by atoms with Crippen LogP contribution in [0.4, 0.5) is 0 Å². The third kappa shape index (κ3) is 3.33. The predicted molar refractivity (Wildman–Crippen MR) is 69.3 cm³/mol. The highest BCUT2D eigenvalue weighted by molar-refractivity contribution is 5.05. The Kier molecular flexibility index (Phi) is 4.42. The topological polar surface area (TPSA) is 29.3 Å². The van der Waals surface area contributed by atoms with Crippen LogP contribution in [0.25, 0.3) is 0 Å². The fourth-order valence-electron chi connectivity index (χ4n) is 3.16. The molecule has 2 rings (SSSR count). The van der Waals surface area contributed by atoms with Crippen LogP contribution in [0.2, 0.25) is 0 Å². The van der Waals surface area contributed by atoms with Crippen LogP contribution in [-0.4, -0.2) is 30.6 Å². The third-order valence-electron chi connectivity index (χ3n) is 4.18. The Hall–Kier alpha value is -0.340. The van der Waals surface area contributed by atoms with E-state index in [1.165, 1.54) is 45.1 Å². The van der Waals surface area contributed by atoms with Gasteiger partial charge in [0.05, 0.1) is 0 Å². The molecule has 2 nitrogen and oxygen atoms in total. The Morgan fingerprint density at radius 1 is 1.12 bits per heavy atom. The maximum absolute atomic E-state index is 5.90. The lowest BCUT2D eigenvalue weighted by molar-refractivity contribution is 0.200. The highest BCUT2D eigenvalue weighted by Crippen LogP contribution is 2.24. The summed E-state index contributed by atoms with van der Waals surface area (Å²) in [5, 5.41) is 0. The number of nitrogens with two attached hydrogens (primary N) is 1. The van der Waals surface area contributed by atoms with Gasteiger partial charge in [-0.05, 0) is 32.2 Å². The molecule has 0 amide bonds. The molecule has 2 heteroatoms. The van der Waals surface area contributed by atoms with Crippen molar-refractivity contribution in [3.63, 3.8) is 0 Å². The van der Waals surface area contributed by atoms with Gasteiger partial charge in [-0.1, -0.05) is 37.8 Å². The molecule has 2 unspecified atom stereocenters. The molecule has 0 aromatic heterocycles. The lowest BCUT2D eigenvalue weighted by Gasteiger charge is -2.29. The minimum absolute atomic E-state index is 0.313. The van der Waals surface area contributed by atoms with Gasteiger partial charge in [0, 0.05) is 18.6 Å². The summed E-state index contributed by atoms with van der Waals surface area (Å²) in [6.07, 6.45) is 14.2. The molecule has 1 saturated carbocycles. The van der Waals surface area contributed by atoms with Crippen LogP contribution in [0.3, 0.4) is 0 Å². The molecule has 2 aliphatic carbocycles. The minimum atomic E-state index is 0.313. The summed E-state index contributed by atoms with van der Waals surface area (Å²) in [4.78, 5) is 2.58. The zero-order valence-corrected chi connectivity index (χ0v) is 10.6. The van der Waals surface area contributed by atoms with Crippen molar-refractivity contribution in [1.29, 1.82) is 0 Å². The van der Waals surface area contributed by atoms with E-state index in [1.807, 2.05) is 0 Å². The van der Waals surface area contributed by atoms with Gasteiger partial charge in [-0.2, -0.15) is 0 Å². The van der Waals surface area contributed by atoms with Crippen LogP contribution in [0.1, 0.15) is 44.9 Å². The van der Waals surface area contributed by atoms with Gasteiger partial charge in [-0.3, -0.25) is 0 Å². The summed E-state index contributed by atoms with van der Waals surface area (Å²) in [5.74, 6) is 0.697. The van der Waals surface area contributed by atoms with Gasteiger partial charge in [-0.15, -0.1) is 0 Å². The Balaban J connectivity index is 1.77. The van der Waals surface area contributed by atoms with Crippen molar-refractivity contribution in [3.05, 3.63) is 12.2 Å². The third-order valence-corrected chi connectivity index (χ3v) is 4.18. The summed E-state index contributed by atoms with van der Waals surface area (Å²) in [6.45, 7) is 1.20. The van der Waals surface area contributed by atoms with Gasteiger partial charge in [-0.25, -0.2) is 0 Å². The highest BCUT2D eigenvalue weighted by atomic mass is 15.1. The first-order valence-corrected chi connectivity index (χ1v) is 6.90. The first kappa shape index (κ1) is 12.1. The maximum atomic E-state index is 5.90. The van der Waals surface area contributed by atoms with Crippen LogP contribution in [0, 0.1) is 5.92 Å². The fourth-order valence-corrected chi connectivity index (χ4v) is 3.16. The van der Waals surface area contributed by atoms with Crippen molar-refractivity contribution in [3.8, 4) is 0 Å². The van der Waals surface area contributed by atoms with E-state index in [9.17, 15) is 0 Å². The van der Waals surface area contributed by atoms with Gasteiger partial charge in [0.1, 0.15) is 0 Å². The average Bonchev–Trinajstić information content (AvgIpc) is 2.56. The van der Waals surface area contributed by atoms with Crippen LogP contribution in [-0.2, 0) is 0 Å². The van der Waals surface area contributed by atoms with E-state index in [2.05, 4.69) is 24.1 Å². The van der Waals surface area contributed by atoms with E-state index in [1.54, 1.807) is 0 Å². The first-order chi connectivity index (χ1) is 7.75. The highest BCUT2D eigenvalue weighted by Gasteiger charge is 2.22. The molecule has 0 aromatic carbocycles. The second-order valence-corrected chi connectivity index (χ2v) is 5.63. The lowest BCUT2D eigenvalue weighted by Crippen LogP contribution is -2.35. The smallest absolute Gasteiger partial charge is 0.0229 e. The molecule has 0 bridgehead atoms. The average molecular weight is 222 g/mol. The van der Waals surface area contributed by atoms with Gasteiger partial charge < -0.3 is 10.6 Å². The van der Waals surface area contributed by atoms with Gasteiger partial charge in [0.15, 0.2) is 0 Å². The van der Waals surface area contributed by atoms with Crippen molar-refractivity contribution in [2.24, 2.45) is 11.7 Å². The summed E-state index contributed by atoms with van der Waals surface area (Å²) >= 11 is 0. The van der Waals surface area contributed by atoms with E-state index in [4.69, 9.17) is 5.73 Å². The molecule has 0 heterocycles. The molecule has 0 spiro atoms. The SMILES string of the molecule is CN(CC1C=CC(N)C1)C1CCCCCC1. The van der Waals surface area contributed by atoms with Crippen LogP contribution < -0.4 is 5.73 Å². The van der Waals surface area contributed by atoms with Crippen LogP contribution >= 0.6 is 0 Å². The summed E-state index contributed by atoms with van der Waals surface area (Å²) in [7, 11) is 2.30. The largest absolute Gasteiger partial charge is 0.324 e. The fraction of sp³-hybridized carbons (Fsp3) is 0.857. The summed E-state index contributed by atoms with van der Waals surface area (Å²) in [6, 6.07) is 1.14. The summed E-state index contributed by atoms with van der Waals surface area (Å²) < 4.78 is 0. The molecular weight excluding hydrogens is 196 g/mol. The molecule has 0 saturated heterocycles. The number of nitrogens with zero attached hydrogens (tertiary/aromatic N) is 1. The van der Waals surface area contributed by atoms with Crippen molar-refractivity contribution in [2.45, 2.75) is 57.0 Å². The zero-order chi connectivity index (χ0) is 11.4. The maximum Gasteiger partial charge on any atom is 0.0229 e. The van der Waals surface area contributed by atoms with E-state index < -0.39 is 0 Å². The van der Waals surface area contributed by atoms with E-state index >= 15 is 0 Å². The second-order valence-electron chi connectivity index (χ2n) is 5.63. The first-order valence-electron chi connectivity index (χ1n) is 6.90. The monoisotopic (exact) mass is 222 g/mol. The van der Waals surface area contributed by atoms with Crippen molar-refractivity contribution in [1.82, 2.24) is 4.90 Å². The molecule has 16 heavy (non-hydrogen) atoms. The zero-order valence-electron chi connectivity index (χ0n) is 10.6. The number of rotatable bonds is 3. The standard InChI is InChI=1S/C14H26N2/c1-16(11-12-8-9-13(15)10-12)14-6-4-2-3-5-7-14/h8-9,12-14H,2-7,10-11,15H2,1H3. The van der Waals surface area contributed by atoms with Crippen molar-refractivity contribution < 1.29 is 0 Å². The number of hydrogen-bond acceptors (Lipinski definition) is 2. The van der Waals surface area contributed by atoms with E-state index in [0.717, 1.165) is 12.5 Å².